The normalized spacial score (nSPS) is 19.7. The number of methoxy groups -OCH3 is 1. The Balaban J connectivity index is 1.41. The van der Waals surface area contributed by atoms with E-state index in [9.17, 15) is 19.5 Å². The molecule has 2 amide bonds. The fourth-order valence-corrected chi connectivity index (χ4v) is 5.16. The highest BCUT2D eigenvalue weighted by molar-refractivity contribution is 5.87. The molecule has 1 fully saturated rings. The summed E-state index contributed by atoms with van der Waals surface area (Å²) in [5.41, 5.74) is 4.50. The number of alkyl carbamates (subject to hydrolysis) is 1. The van der Waals surface area contributed by atoms with Gasteiger partial charge in [0.2, 0.25) is 5.91 Å². The molecule has 186 valence electrons. The molecular weight excluding hydrogens is 448 g/mol. The molecule has 2 aliphatic rings. The lowest BCUT2D eigenvalue weighted by atomic mass is 9.98. The molecule has 3 atom stereocenters. The van der Waals surface area contributed by atoms with Crippen LogP contribution in [0.2, 0.25) is 0 Å². The highest BCUT2D eigenvalue weighted by Crippen LogP contribution is 2.44. The van der Waals surface area contributed by atoms with Crippen LogP contribution in [-0.2, 0) is 19.1 Å². The Hall–Kier alpha value is -3.39. The second-order valence-corrected chi connectivity index (χ2v) is 9.32. The van der Waals surface area contributed by atoms with Crippen LogP contribution in [0.5, 0.6) is 0 Å². The quantitative estimate of drug-likeness (QED) is 0.533. The molecule has 0 spiro atoms. The Bertz CT molecular complexity index is 1040. The molecule has 2 aromatic rings. The van der Waals surface area contributed by atoms with Gasteiger partial charge >= 0.3 is 12.1 Å². The molecule has 3 unspecified atom stereocenters. The summed E-state index contributed by atoms with van der Waals surface area (Å²) < 4.78 is 10.7. The van der Waals surface area contributed by atoms with Gasteiger partial charge in [-0.3, -0.25) is 9.59 Å². The molecule has 2 aromatic carbocycles. The van der Waals surface area contributed by atoms with E-state index in [1.165, 1.54) is 4.90 Å². The number of carbonyl (C=O) groups excluding carboxylic acids is 2. The summed E-state index contributed by atoms with van der Waals surface area (Å²) in [7, 11) is 1.58. The zero-order valence-corrected chi connectivity index (χ0v) is 20.1. The van der Waals surface area contributed by atoms with E-state index in [-0.39, 0.29) is 30.9 Å². The van der Waals surface area contributed by atoms with Crippen molar-refractivity contribution >= 4 is 18.0 Å². The van der Waals surface area contributed by atoms with Crippen molar-refractivity contribution in [1.29, 1.82) is 0 Å². The number of fused-ring (bicyclic) bond motifs is 3. The smallest absolute Gasteiger partial charge is 0.407 e. The predicted octanol–water partition coefficient (Wildman–Crippen LogP) is 3.50. The van der Waals surface area contributed by atoms with Gasteiger partial charge in [-0.05, 0) is 41.0 Å². The van der Waals surface area contributed by atoms with E-state index in [0.717, 1.165) is 22.3 Å². The van der Waals surface area contributed by atoms with Crippen molar-refractivity contribution in [2.75, 3.05) is 33.4 Å². The summed E-state index contributed by atoms with van der Waals surface area (Å²) in [5, 5.41) is 12.1. The zero-order chi connectivity index (χ0) is 24.9. The molecular formula is C27H32N2O6. The Morgan fingerprint density at radius 1 is 1.06 bits per heavy atom. The molecule has 1 aliphatic heterocycles. The minimum atomic E-state index is -0.909. The van der Waals surface area contributed by atoms with Crippen molar-refractivity contribution in [3.8, 4) is 11.1 Å². The number of carboxylic acids is 1. The number of carboxylic acid groups (broad SMARTS) is 1. The molecule has 8 heteroatoms. The minimum absolute atomic E-state index is 0.0773. The lowest BCUT2D eigenvalue weighted by Crippen LogP contribution is -2.48. The number of benzene rings is 2. The molecule has 1 saturated heterocycles. The number of hydrogen-bond donors (Lipinski definition) is 2. The van der Waals surface area contributed by atoms with Crippen LogP contribution in [0.25, 0.3) is 11.1 Å². The number of hydrogen-bond acceptors (Lipinski definition) is 5. The van der Waals surface area contributed by atoms with Gasteiger partial charge in [-0.15, -0.1) is 0 Å². The first-order valence-electron chi connectivity index (χ1n) is 12.0. The summed E-state index contributed by atoms with van der Waals surface area (Å²) in [6, 6.07) is 15.4. The summed E-state index contributed by atoms with van der Waals surface area (Å²) in [4.78, 5) is 39.0. The Kier molecular flexibility index (Phi) is 7.70. The van der Waals surface area contributed by atoms with E-state index in [1.54, 1.807) is 7.11 Å². The number of nitrogens with zero attached hydrogens (tertiary/aromatic N) is 1. The third-order valence-corrected chi connectivity index (χ3v) is 7.02. The lowest BCUT2D eigenvalue weighted by molar-refractivity contribution is -0.142. The fraction of sp³-hybridized carbons (Fsp3) is 0.444. The van der Waals surface area contributed by atoms with Crippen LogP contribution in [-0.4, -0.2) is 67.4 Å². The molecule has 1 aliphatic carbocycles. The van der Waals surface area contributed by atoms with Gasteiger partial charge in [-0.2, -0.15) is 0 Å². The Labute approximate surface area is 205 Å². The van der Waals surface area contributed by atoms with Crippen molar-refractivity contribution in [1.82, 2.24) is 10.2 Å². The zero-order valence-electron chi connectivity index (χ0n) is 20.1. The van der Waals surface area contributed by atoms with E-state index >= 15 is 0 Å². The van der Waals surface area contributed by atoms with Crippen LogP contribution < -0.4 is 5.32 Å². The van der Waals surface area contributed by atoms with Gasteiger partial charge in [0.05, 0.1) is 5.92 Å². The van der Waals surface area contributed by atoms with E-state index < -0.39 is 24.0 Å². The molecule has 0 radical (unpaired) electrons. The maximum absolute atomic E-state index is 13.2. The number of carbonyl (C=O) groups is 3. The summed E-state index contributed by atoms with van der Waals surface area (Å²) in [6.07, 6.45) is 0.284. The van der Waals surface area contributed by atoms with Crippen LogP contribution in [0.3, 0.4) is 0 Å². The van der Waals surface area contributed by atoms with E-state index in [1.807, 2.05) is 43.3 Å². The van der Waals surface area contributed by atoms with Gasteiger partial charge < -0.3 is 24.8 Å². The summed E-state index contributed by atoms with van der Waals surface area (Å²) in [5.74, 6) is -2.02. The maximum Gasteiger partial charge on any atom is 0.407 e. The number of likely N-dealkylation sites (tertiary alicyclic amines) is 1. The summed E-state index contributed by atoms with van der Waals surface area (Å²) in [6.45, 7) is 2.92. The van der Waals surface area contributed by atoms with Gasteiger partial charge in [0.15, 0.2) is 0 Å². The first-order chi connectivity index (χ1) is 16.9. The molecule has 2 N–H and O–H groups in total. The van der Waals surface area contributed by atoms with E-state index in [0.29, 0.717) is 26.0 Å². The van der Waals surface area contributed by atoms with Gasteiger partial charge in [-0.25, -0.2) is 4.79 Å². The average molecular weight is 481 g/mol. The molecule has 0 aromatic heterocycles. The van der Waals surface area contributed by atoms with Crippen LogP contribution in [0, 0.1) is 11.8 Å². The maximum atomic E-state index is 13.2. The Morgan fingerprint density at radius 2 is 1.69 bits per heavy atom. The molecule has 0 bridgehead atoms. The largest absolute Gasteiger partial charge is 0.481 e. The molecule has 8 nitrogen and oxygen atoms in total. The standard InChI is InChI=1S/C27H32N2O6/c1-17-14-29(15-22(17)26(31)32)25(30)24(12-7-13-34-2)28-27(33)35-16-23-20-10-5-3-8-18(20)19-9-4-6-11-21(19)23/h3-6,8-11,17,22-24H,7,12-16H2,1-2H3,(H,28,33)(H,31,32). The predicted molar refractivity (Wildman–Crippen MR) is 130 cm³/mol. The van der Waals surface area contributed by atoms with Crippen LogP contribution in [0.4, 0.5) is 4.79 Å². The number of aliphatic carboxylic acids is 1. The topological polar surface area (TPSA) is 105 Å². The fourth-order valence-electron chi connectivity index (χ4n) is 5.16. The van der Waals surface area contributed by atoms with E-state index in [4.69, 9.17) is 9.47 Å². The van der Waals surface area contributed by atoms with E-state index in [2.05, 4.69) is 17.4 Å². The highest BCUT2D eigenvalue weighted by atomic mass is 16.5. The molecule has 1 heterocycles. The second kappa shape index (κ2) is 10.9. The van der Waals surface area contributed by atoms with Gasteiger partial charge in [0.25, 0.3) is 0 Å². The van der Waals surface area contributed by atoms with Crippen LogP contribution >= 0.6 is 0 Å². The molecule has 35 heavy (non-hydrogen) atoms. The number of amides is 2. The molecule has 4 rings (SSSR count). The number of nitrogens with one attached hydrogen (secondary N) is 1. The SMILES string of the molecule is COCCCC(NC(=O)OCC1c2ccccc2-c2ccccc21)C(=O)N1CC(C)C(C(=O)O)C1. The molecule has 0 saturated carbocycles. The van der Waals surface area contributed by atoms with Crippen molar-refractivity contribution in [2.24, 2.45) is 11.8 Å². The number of ether oxygens (including phenoxy) is 2. The van der Waals surface area contributed by atoms with Crippen molar-refractivity contribution in [3.63, 3.8) is 0 Å². The third-order valence-electron chi connectivity index (χ3n) is 7.02. The van der Waals surface area contributed by atoms with Gasteiger partial charge in [0.1, 0.15) is 12.6 Å². The van der Waals surface area contributed by atoms with Gasteiger partial charge in [-0.1, -0.05) is 55.5 Å². The third kappa shape index (κ3) is 5.32. The van der Waals surface area contributed by atoms with Gasteiger partial charge in [0, 0.05) is 32.7 Å². The monoisotopic (exact) mass is 480 g/mol. The lowest BCUT2D eigenvalue weighted by Gasteiger charge is -2.24. The van der Waals surface area contributed by atoms with Crippen molar-refractivity contribution < 1.29 is 29.0 Å². The average Bonchev–Trinajstić information content (AvgIpc) is 3.40. The second-order valence-electron chi connectivity index (χ2n) is 9.32. The van der Waals surface area contributed by atoms with Crippen LogP contribution in [0.1, 0.15) is 36.8 Å². The summed E-state index contributed by atoms with van der Waals surface area (Å²) >= 11 is 0. The van der Waals surface area contributed by atoms with Crippen molar-refractivity contribution in [3.05, 3.63) is 59.7 Å². The van der Waals surface area contributed by atoms with Crippen molar-refractivity contribution in [2.45, 2.75) is 31.7 Å². The van der Waals surface area contributed by atoms with Crippen LogP contribution in [0.15, 0.2) is 48.5 Å². The number of rotatable bonds is 9. The Morgan fingerprint density at radius 3 is 2.26 bits per heavy atom. The first-order valence-corrected chi connectivity index (χ1v) is 12.0. The highest BCUT2D eigenvalue weighted by Gasteiger charge is 2.39. The first kappa shape index (κ1) is 24.7. The minimum Gasteiger partial charge on any atom is -0.481 e.